The molecule has 0 aliphatic heterocycles. The van der Waals surface area contributed by atoms with Crippen molar-refractivity contribution in [1.82, 2.24) is 14.8 Å². The summed E-state index contributed by atoms with van der Waals surface area (Å²) in [7, 11) is 0. The lowest BCUT2D eigenvalue weighted by molar-refractivity contribution is 0.702. The predicted octanol–water partition coefficient (Wildman–Crippen LogP) is 1.18. The lowest BCUT2D eigenvalue weighted by Gasteiger charge is -1.90. The minimum atomic E-state index is 0.207. The third-order valence-electron chi connectivity index (χ3n) is 0.987. The van der Waals surface area contributed by atoms with Gasteiger partial charge in [-0.05, 0) is 6.08 Å². The summed E-state index contributed by atoms with van der Waals surface area (Å²) >= 11 is 10.7. The molecular formula is C5H6Cl2N4. The van der Waals surface area contributed by atoms with Crippen molar-refractivity contribution in [3.8, 4) is 0 Å². The Kier molecular flexibility index (Phi) is 2.73. The molecule has 0 fully saturated rings. The molecule has 0 saturated carbocycles. The number of nitrogens with two attached hydrogens (primary N) is 1. The first kappa shape index (κ1) is 8.36. The van der Waals surface area contributed by atoms with Crippen LogP contribution in [0.3, 0.4) is 0 Å². The minimum absolute atomic E-state index is 0.207. The van der Waals surface area contributed by atoms with Gasteiger partial charge in [0.25, 0.3) is 0 Å². The third kappa shape index (κ3) is 2.78. The molecule has 0 aromatic carbocycles. The van der Waals surface area contributed by atoms with Gasteiger partial charge in [-0.15, -0.1) is 5.10 Å². The van der Waals surface area contributed by atoms with Crippen molar-refractivity contribution in [2.75, 3.05) is 5.73 Å². The highest BCUT2D eigenvalue weighted by molar-refractivity contribution is 6.55. The van der Waals surface area contributed by atoms with Crippen LogP contribution in [-0.4, -0.2) is 14.8 Å². The summed E-state index contributed by atoms with van der Waals surface area (Å²) in [5.74, 6) is 0.240. The van der Waals surface area contributed by atoms with E-state index in [2.05, 4.69) is 10.1 Å². The van der Waals surface area contributed by atoms with Crippen LogP contribution < -0.4 is 5.73 Å². The molecular weight excluding hydrogens is 187 g/mol. The molecule has 60 valence electrons. The lowest BCUT2D eigenvalue weighted by Crippen LogP contribution is -1.96. The zero-order chi connectivity index (χ0) is 8.27. The summed E-state index contributed by atoms with van der Waals surface area (Å²) in [5.41, 5.74) is 5.26. The topological polar surface area (TPSA) is 56.7 Å². The fraction of sp³-hybridized carbons (Fsp3) is 0.200. The molecule has 0 atom stereocenters. The molecule has 6 heteroatoms. The second-order valence-corrected chi connectivity index (χ2v) is 2.83. The summed E-state index contributed by atoms with van der Waals surface area (Å²) in [6, 6.07) is 0. The number of nitrogens with zero attached hydrogens (tertiary/aromatic N) is 3. The van der Waals surface area contributed by atoms with Gasteiger partial charge >= 0.3 is 0 Å². The number of hydrogen-bond donors (Lipinski definition) is 1. The molecule has 1 heterocycles. The number of allylic oxidation sites excluding steroid dienone is 1. The Bertz CT molecular complexity index is 263. The third-order valence-corrected chi connectivity index (χ3v) is 1.30. The Hall–Kier alpha value is -0.740. The highest BCUT2D eigenvalue weighted by atomic mass is 35.5. The fourth-order valence-corrected chi connectivity index (χ4v) is 0.698. The first-order chi connectivity index (χ1) is 5.18. The van der Waals surface area contributed by atoms with Gasteiger partial charge in [0.15, 0.2) is 0 Å². The molecule has 1 aromatic heterocycles. The van der Waals surface area contributed by atoms with Crippen LogP contribution in [0.1, 0.15) is 0 Å². The molecule has 4 nitrogen and oxygen atoms in total. The molecule has 0 unspecified atom stereocenters. The van der Waals surface area contributed by atoms with Crippen LogP contribution in [0.25, 0.3) is 0 Å². The van der Waals surface area contributed by atoms with Gasteiger partial charge in [0, 0.05) is 0 Å². The van der Waals surface area contributed by atoms with Crippen molar-refractivity contribution >= 4 is 29.2 Å². The maximum Gasteiger partial charge on any atom is 0.239 e. The second kappa shape index (κ2) is 3.59. The number of halogens is 2. The van der Waals surface area contributed by atoms with Crippen LogP contribution >= 0.6 is 23.2 Å². The summed E-state index contributed by atoms with van der Waals surface area (Å²) in [5, 5.41) is 3.80. The first-order valence-corrected chi connectivity index (χ1v) is 3.60. The maximum atomic E-state index is 5.37. The standard InChI is InChI=1S/C5H6Cl2N4/c6-4(7)1-2-11-3-9-5(8)10-11/h1,3H,2H2,(H2,8,10). The van der Waals surface area contributed by atoms with E-state index in [0.717, 1.165) is 0 Å². The highest BCUT2D eigenvalue weighted by Crippen LogP contribution is 2.05. The SMILES string of the molecule is Nc1ncn(CC=C(Cl)Cl)n1. The van der Waals surface area contributed by atoms with Gasteiger partial charge in [0.2, 0.25) is 5.95 Å². The van der Waals surface area contributed by atoms with E-state index in [9.17, 15) is 0 Å². The van der Waals surface area contributed by atoms with Crippen molar-refractivity contribution in [2.45, 2.75) is 6.54 Å². The van der Waals surface area contributed by atoms with E-state index in [1.165, 1.54) is 11.0 Å². The van der Waals surface area contributed by atoms with E-state index < -0.39 is 0 Å². The number of nitrogen functional groups attached to an aromatic ring is 1. The fourth-order valence-electron chi connectivity index (χ4n) is 0.560. The average Bonchev–Trinajstić information content (AvgIpc) is 2.31. The van der Waals surface area contributed by atoms with Crippen LogP contribution in [-0.2, 0) is 6.54 Å². The van der Waals surface area contributed by atoms with Gasteiger partial charge in [0.1, 0.15) is 10.8 Å². The van der Waals surface area contributed by atoms with Crippen LogP contribution in [0, 0.1) is 0 Å². The molecule has 0 saturated heterocycles. The molecule has 0 radical (unpaired) electrons. The largest absolute Gasteiger partial charge is 0.367 e. The molecule has 1 rings (SSSR count). The van der Waals surface area contributed by atoms with E-state index in [4.69, 9.17) is 28.9 Å². The summed E-state index contributed by atoms with van der Waals surface area (Å²) in [6.45, 7) is 0.479. The van der Waals surface area contributed by atoms with Crippen molar-refractivity contribution in [1.29, 1.82) is 0 Å². The predicted molar refractivity (Wildman–Crippen MR) is 44.2 cm³/mol. The van der Waals surface area contributed by atoms with Crippen LogP contribution in [0.5, 0.6) is 0 Å². The van der Waals surface area contributed by atoms with Crippen LogP contribution in [0.15, 0.2) is 16.9 Å². The summed E-state index contributed by atoms with van der Waals surface area (Å²) in [6.07, 6.45) is 3.10. The molecule has 11 heavy (non-hydrogen) atoms. The smallest absolute Gasteiger partial charge is 0.239 e. The maximum absolute atomic E-state index is 5.37. The minimum Gasteiger partial charge on any atom is -0.367 e. The molecule has 0 bridgehead atoms. The van der Waals surface area contributed by atoms with Crippen LogP contribution in [0.4, 0.5) is 5.95 Å². The lowest BCUT2D eigenvalue weighted by atomic mass is 10.6. The van der Waals surface area contributed by atoms with Crippen molar-refractivity contribution in [3.63, 3.8) is 0 Å². The number of hydrogen-bond acceptors (Lipinski definition) is 3. The monoisotopic (exact) mass is 192 g/mol. The normalized spacial score (nSPS) is 9.64. The molecule has 0 spiro atoms. The number of aromatic nitrogens is 3. The summed E-state index contributed by atoms with van der Waals surface area (Å²) < 4.78 is 1.74. The van der Waals surface area contributed by atoms with Crippen molar-refractivity contribution < 1.29 is 0 Å². The Labute approximate surface area is 73.6 Å². The van der Waals surface area contributed by atoms with E-state index in [1.807, 2.05) is 0 Å². The van der Waals surface area contributed by atoms with Crippen molar-refractivity contribution in [2.24, 2.45) is 0 Å². The molecule has 2 N–H and O–H groups in total. The number of rotatable bonds is 2. The molecule has 0 amide bonds. The summed E-state index contributed by atoms with van der Waals surface area (Å²) in [4.78, 5) is 3.71. The van der Waals surface area contributed by atoms with Gasteiger partial charge in [-0.1, -0.05) is 23.2 Å². The van der Waals surface area contributed by atoms with Gasteiger partial charge in [-0.3, -0.25) is 0 Å². The van der Waals surface area contributed by atoms with Gasteiger partial charge in [-0.2, -0.15) is 0 Å². The van der Waals surface area contributed by atoms with E-state index in [0.29, 0.717) is 6.54 Å². The highest BCUT2D eigenvalue weighted by Gasteiger charge is 1.92. The van der Waals surface area contributed by atoms with E-state index >= 15 is 0 Å². The quantitative estimate of drug-likeness (QED) is 0.767. The van der Waals surface area contributed by atoms with E-state index in [-0.39, 0.29) is 10.4 Å². The Morgan fingerprint density at radius 2 is 2.45 bits per heavy atom. The first-order valence-electron chi connectivity index (χ1n) is 2.84. The van der Waals surface area contributed by atoms with Gasteiger partial charge < -0.3 is 5.73 Å². The van der Waals surface area contributed by atoms with Gasteiger partial charge in [-0.25, -0.2) is 9.67 Å². The second-order valence-electron chi connectivity index (χ2n) is 1.82. The van der Waals surface area contributed by atoms with Gasteiger partial charge in [0.05, 0.1) is 6.54 Å². The van der Waals surface area contributed by atoms with E-state index in [1.54, 1.807) is 6.08 Å². The zero-order valence-electron chi connectivity index (χ0n) is 5.54. The Morgan fingerprint density at radius 1 is 1.73 bits per heavy atom. The average molecular weight is 193 g/mol. The van der Waals surface area contributed by atoms with Crippen LogP contribution in [0.2, 0.25) is 0 Å². The molecule has 1 aromatic rings. The Balaban J connectivity index is 2.58. The zero-order valence-corrected chi connectivity index (χ0v) is 7.05. The Morgan fingerprint density at radius 3 is 2.91 bits per heavy atom. The van der Waals surface area contributed by atoms with Crippen molar-refractivity contribution in [3.05, 3.63) is 16.9 Å². The molecule has 0 aliphatic carbocycles. The number of anilines is 1. The molecule has 0 aliphatic rings.